The minimum absolute atomic E-state index is 0.0173. The van der Waals surface area contributed by atoms with Crippen LogP contribution in [0.1, 0.15) is 18.1 Å². The van der Waals surface area contributed by atoms with E-state index in [0.717, 1.165) is 16.7 Å². The molecule has 27 heavy (non-hydrogen) atoms. The summed E-state index contributed by atoms with van der Waals surface area (Å²) in [5.74, 6) is -0.847. The van der Waals surface area contributed by atoms with Gasteiger partial charge in [-0.3, -0.25) is 14.5 Å². The second-order valence-electron chi connectivity index (χ2n) is 5.63. The van der Waals surface area contributed by atoms with E-state index in [1.807, 2.05) is 0 Å². The van der Waals surface area contributed by atoms with Crippen molar-refractivity contribution < 1.29 is 23.8 Å². The van der Waals surface area contributed by atoms with E-state index in [0.29, 0.717) is 12.2 Å². The van der Waals surface area contributed by atoms with Crippen LogP contribution >= 0.6 is 23.4 Å². The van der Waals surface area contributed by atoms with Gasteiger partial charge in [0.25, 0.3) is 11.1 Å². The Kier molecular flexibility index (Phi) is 5.72. The largest absolute Gasteiger partial charge is 0.504 e. The number of halogens is 2. The highest BCUT2D eigenvalue weighted by Crippen LogP contribution is 2.36. The second-order valence-corrected chi connectivity index (χ2v) is 7.03. The molecule has 0 spiro atoms. The third kappa shape index (κ3) is 4.09. The number of imide groups is 1. The molecule has 1 heterocycles. The summed E-state index contributed by atoms with van der Waals surface area (Å²) in [5.41, 5.74) is 0.677. The Bertz CT molecular complexity index is 927. The number of rotatable bonds is 5. The van der Waals surface area contributed by atoms with Crippen molar-refractivity contribution in [2.45, 2.75) is 13.5 Å². The van der Waals surface area contributed by atoms with Crippen molar-refractivity contribution in [2.75, 3.05) is 6.61 Å². The summed E-state index contributed by atoms with van der Waals surface area (Å²) in [7, 11) is 0. The number of nitrogens with zero attached hydrogens (tertiary/aromatic N) is 1. The number of carbonyl (C=O) groups excluding carboxylic acids is 2. The first-order chi connectivity index (χ1) is 12.9. The first kappa shape index (κ1) is 19.3. The molecule has 1 aliphatic rings. The number of thioether (sulfide) groups is 1. The number of hydrogen-bond acceptors (Lipinski definition) is 5. The quantitative estimate of drug-likeness (QED) is 0.720. The number of hydrogen-bond donors (Lipinski definition) is 1. The zero-order valence-electron chi connectivity index (χ0n) is 14.2. The van der Waals surface area contributed by atoms with Crippen LogP contribution < -0.4 is 4.74 Å². The van der Waals surface area contributed by atoms with E-state index in [-0.39, 0.29) is 33.5 Å². The second kappa shape index (κ2) is 8.02. The van der Waals surface area contributed by atoms with Crippen LogP contribution in [-0.2, 0) is 11.3 Å². The van der Waals surface area contributed by atoms with Gasteiger partial charge in [-0.15, -0.1) is 0 Å². The van der Waals surface area contributed by atoms with E-state index in [2.05, 4.69) is 0 Å². The third-order valence-electron chi connectivity index (χ3n) is 3.83. The fourth-order valence-electron chi connectivity index (χ4n) is 2.52. The lowest BCUT2D eigenvalue weighted by Crippen LogP contribution is -2.28. The smallest absolute Gasteiger partial charge is 0.293 e. The molecule has 0 saturated carbocycles. The van der Waals surface area contributed by atoms with Crippen molar-refractivity contribution in [2.24, 2.45) is 0 Å². The summed E-state index contributed by atoms with van der Waals surface area (Å²) < 4.78 is 19.3. The minimum atomic E-state index is -0.578. The Hall–Kier alpha value is -2.51. The molecule has 0 aromatic heterocycles. The van der Waals surface area contributed by atoms with Gasteiger partial charge in [0.15, 0.2) is 11.5 Å². The molecule has 0 radical (unpaired) electrons. The van der Waals surface area contributed by atoms with Crippen LogP contribution in [0.4, 0.5) is 9.18 Å². The van der Waals surface area contributed by atoms with E-state index in [9.17, 15) is 19.1 Å². The Labute approximate surface area is 164 Å². The molecule has 3 rings (SSSR count). The van der Waals surface area contributed by atoms with Crippen molar-refractivity contribution in [1.29, 1.82) is 0 Å². The van der Waals surface area contributed by atoms with Crippen LogP contribution in [0, 0.1) is 5.82 Å². The summed E-state index contributed by atoms with van der Waals surface area (Å²) in [5, 5.41) is 9.40. The topological polar surface area (TPSA) is 66.8 Å². The van der Waals surface area contributed by atoms with Gasteiger partial charge in [0.1, 0.15) is 5.82 Å². The van der Waals surface area contributed by atoms with Crippen LogP contribution in [-0.4, -0.2) is 27.8 Å². The van der Waals surface area contributed by atoms with Crippen LogP contribution in [0.2, 0.25) is 5.02 Å². The van der Waals surface area contributed by atoms with E-state index in [1.165, 1.54) is 30.3 Å². The summed E-state index contributed by atoms with van der Waals surface area (Å²) in [4.78, 5) is 26.0. The number of amides is 2. The highest BCUT2D eigenvalue weighted by molar-refractivity contribution is 8.18. The number of phenolic OH excluding ortho intramolecular Hbond substituents is 1. The molecule has 5 nitrogen and oxygen atoms in total. The maximum absolute atomic E-state index is 14.0. The van der Waals surface area contributed by atoms with Gasteiger partial charge >= 0.3 is 0 Å². The Morgan fingerprint density at radius 2 is 2.07 bits per heavy atom. The number of carbonyl (C=O) groups is 2. The number of aromatic hydroxyl groups is 1. The molecule has 0 bridgehead atoms. The van der Waals surface area contributed by atoms with Gasteiger partial charge in [0, 0.05) is 10.6 Å². The molecule has 0 atom stereocenters. The van der Waals surface area contributed by atoms with Crippen molar-refractivity contribution in [1.82, 2.24) is 4.90 Å². The molecule has 0 unspecified atom stereocenters. The molecule has 8 heteroatoms. The van der Waals surface area contributed by atoms with Gasteiger partial charge in [-0.25, -0.2) is 4.39 Å². The van der Waals surface area contributed by atoms with Gasteiger partial charge < -0.3 is 9.84 Å². The maximum Gasteiger partial charge on any atom is 0.293 e. The molecule has 0 aliphatic carbocycles. The standard InChI is InChI=1S/C19H15ClFNO4S/c1-2-26-16-8-11(6-7-15(16)23)9-17-18(24)22(19(25)27-17)10-12-13(20)4-3-5-14(12)21/h3-9,23H,2,10H2,1H3/b17-9-. The fourth-order valence-corrected chi connectivity index (χ4v) is 3.58. The van der Waals surface area contributed by atoms with Crippen LogP contribution in [0.3, 0.4) is 0 Å². The fraction of sp³-hybridized carbons (Fsp3) is 0.158. The zero-order valence-corrected chi connectivity index (χ0v) is 15.8. The average molecular weight is 408 g/mol. The van der Waals surface area contributed by atoms with Crippen LogP contribution in [0.15, 0.2) is 41.3 Å². The van der Waals surface area contributed by atoms with Crippen molar-refractivity contribution in [3.63, 3.8) is 0 Å². The number of ether oxygens (including phenoxy) is 1. The Morgan fingerprint density at radius 1 is 1.30 bits per heavy atom. The molecule has 2 amide bonds. The normalized spacial score (nSPS) is 15.7. The summed E-state index contributed by atoms with van der Waals surface area (Å²) >= 11 is 6.74. The van der Waals surface area contributed by atoms with Gasteiger partial charge in [0.05, 0.1) is 18.1 Å². The molecule has 1 fully saturated rings. The number of phenols is 1. The summed E-state index contributed by atoms with van der Waals surface area (Å²) in [6.45, 7) is 1.91. The Morgan fingerprint density at radius 3 is 2.78 bits per heavy atom. The highest BCUT2D eigenvalue weighted by atomic mass is 35.5. The lowest BCUT2D eigenvalue weighted by molar-refractivity contribution is -0.123. The first-order valence-corrected chi connectivity index (χ1v) is 9.24. The first-order valence-electron chi connectivity index (χ1n) is 8.04. The van der Waals surface area contributed by atoms with Crippen molar-refractivity contribution in [3.8, 4) is 11.5 Å². The minimum Gasteiger partial charge on any atom is -0.504 e. The molecule has 1 N–H and O–H groups in total. The molecule has 2 aromatic rings. The molecule has 1 aliphatic heterocycles. The molecular formula is C19H15ClFNO4S. The maximum atomic E-state index is 14.0. The van der Waals surface area contributed by atoms with Gasteiger partial charge in [-0.1, -0.05) is 23.7 Å². The lowest BCUT2D eigenvalue weighted by Gasteiger charge is -2.14. The average Bonchev–Trinajstić information content (AvgIpc) is 2.88. The molecule has 2 aromatic carbocycles. The highest BCUT2D eigenvalue weighted by Gasteiger charge is 2.35. The predicted octanol–water partition coefficient (Wildman–Crippen LogP) is 4.82. The number of benzene rings is 2. The van der Waals surface area contributed by atoms with Gasteiger partial charge in [0.2, 0.25) is 0 Å². The van der Waals surface area contributed by atoms with E-state index < -0.39 is 17.0 Å². The lowest BCUT2D eigenvalue weighted by atomic mass is 10.1. The monoisotopic (exact) mass is 407 g/mol. The van der Waals surface area contributed by atoms with E-state index in [1.54, 1.807) is 19.1 Å². The van der Waals surface area contributed by atoms with Crippen molar-refractivity contribution >= 4 is 40.6 Å². The van der Waals surface area contributed by atoms with Gasteiger partial charge in [-0.05, 0) is 54.6 Å². The predicted molar refractivity (Wildman–Crippen MR) is 102 cm³/mol. The molecular weight excluding hydrogens is 393 g/mol. The SMILES string of the molecule is CCOc1cc(/C=C2\SC(=O)N(Cc3c(F)cccc3Cl)C2=O)ccc1O. The van der Waals surface area contributed by atoms with E-state index in [4.69, 9.17) is 16.3 Å². The Balaban J connectivity index is 1.86. The van der Waals surface area contributed by atoms with Crippen LogP contribution in [0.5, 0.6) is 11.5 Å². The van der Waals surface area contributed by atoms with E-state index >= 15 is 0 Å². The summed E-state index contributed by atoms with van der Waals surface area (Å²) in [6, 6.07) is 8.79. The summed E-state index contributed by atoms with van der Waals surface area (Å²) in [6.07, 6.45) is 1.52. The zero-order chi connectivity index (χ0) is 19.6. The molecule has 1 saturated heterocycles. The van der Waals surface area contributed by atoms with Crippen LogP contribution in [0.25, 0.3) is 6.08 Å². The third-order valence-corrected chi connectivity index (χ3v) is 5.09. The molecule has 140 valence electrons. The van der Waals surface area contributed by atoms with Gasteiger partial charge in [-0.2, -0.15) is 0 Å². The van der Waals surface area contributed by atoms with Crippen molar-refractivity contribution in [3.05, 3.63) is 63.3 Å².